The Labute approximate surface area is 128 Å². The molecule has 0 fully saturated rings. The summed E-state index contributed by atoms with van der Waals surface area (Å²) < 4.78 is 0. The molecular weight excluding hydrogens is 256 g/mol. The molecule has 0 radical (unpaired) electrons. The molecule has 0 aliphatic carbocycles. The van der Waals surface area contributed by atoms with Gasteiger partial charge in [0.15, 0.2) is 0 Å². The third-order valence-electron chi connectivity index (χ3n) is 3.89. The second kappa shape index (κ2) is 6.86. The van der Waals surface area contributed by atoms with Gasteiger partial charge in [-0.15, -0.1) is 0 Å². The van der Waals surface area contributed by atoms with Crippen molar-refractivity contribution >= 4 is 0 Å². The lowest BCUT2D eigenvalue weighted by atomic mass is 9.86. The molecule has 112 valence electrons. The van der Waals surface area contributed by atoms with Crippen molar-refractivity contribution in [1.29, 1.82) is 0 Å². The van der Waals surface area contributed by atoms with E-state index in [1.165, 1.54) is 11.1 Å². The summed E-state index contributed by atoms with van der Waals surface area (Å²) in [6, 6.07) is 15.5. The molecule has 1 heterocycles. The summed E-state index contributed by atoms with van der Waals surface area (Å²) in [5.74, 6) is 0. The third kappa shape index (κ3) is 4.68. The van der Waals surface area contributed by atoms with Crippen LogP contribution in [0.2, 0.25) is 0 Å². The van der Waals surface area contributed by atoms with E-state index in [2.05, 4.69) is 61.4 Å². The van der Waals surface area contributed by atoms with Gasteiger partial charge in [0.05, 0.1) is 0 Å². The lowest BCUT2D eigenvalue weighted by molar-refractivity contribution is 0.549. The van der Waals surface area contributed by atoms with Gasteiger partial charge >= 0.3 is 0 Å². The minimum absolute atomic E-state index is 0.217. The Morgan fingerprint density at radius 3 is 2.24 bits per heavy atom. The molecule has 2 aromatic rings. The van der Waals surface area contributed by atoms with Gasteiger partial charge in [0.2, 0.25) is 0 Å². The van der Waals surface area contributed by atoms with Gasteiger partial charge in [-0.2, -0.15) is 0 Å². The van der Waals surface area contributed by atoms with Crippen LogP contribution in [-0.4, -0.2) is 18.1 Å². The monoisotopic (exact) mass is 282 g/mol. The molecule has 0 bridgehead atoms. The van der Waals surface area contributed by atoms with E-state index in [-0.39, 0.29) is 5.41 Å². The maximum Gasteiger partial charge on any atom is 0.0419 e. The largest absolute Gasteiger partial charge is 0.316 e. The molecule has 1 aromatic carbocycles. The first-order valence-electron chi connectivity index (χ1n) is 7.65. The van der Waals surface area contributed by atoms with E-state index >= 15 is 0 Å². The van der Waals surface area contributed by atoms with E-state index < -0.39 is 0 Å². The molecule has 2 heteroatoms. The van der Waals surface area contributed by atoms with E-state index in [0.29, 0.717) is 6.04 Å². The Kier molecular flexibility index (Phi) is 5.13. The molecule has 0 spiro atoms. The van der Waals surface area contributed by atoms with Gasteiger partial charge in [-0.25, -0.2) is 0 Å². The van der Waals surface area contributed by atoms with Gasteiger partial charge in [-0.1, -0.05) is 51.1 Å². The molecule has 0 aliphatic heterocycles. The molecule has 1 aromatic heterocycles. The average molecular weight is 282 g/mol. The van der Waals surface area contributed by atoms with Crippen LogP contribution in [0.25, 0.3) is 0 Å². The van der Waals surface area contributed by atoms with Crippen molar-refractivity contribution in [2.24, 2.45) is 0 Å². The summed E-state index contributed by atoms with van der Waals surface area (Å²) in [5.41, 5.74) is 4.12. The molecule has 1 unspecified atom stereocenters. The van der Waals surface area contributed by atoms with E-state index in [0.717, 1.165) is 18.5 Å². The van der Waals surface area contributed by atoms with Crippen LogP contribution in [0.1, 0.15) is 37.6 Å². The van der Waals surface area contributed by atoms with Gasteiger partial charge < -0.3 is 5.32 Å². The van der Waals surface area contributed by atoms with Crippen molar-refractivity contribution in [3.05, 3.63) is 65.5 Å². The fraction of sp³-hybridized carbons (Fsp3) is 0.421. The van der Waals surface area contributed by atoms with E-state index in [9.17, 15) is 0 Å². The molecule has 2 rings (SSSR count). The van der Waals surface area contributed by atoms with Crippen LogP contribution >= 0.6 is 0 Å². The van der Waals surface area contributed by atoms with E-state index in [1.807, 2.05) is 25.4 Å². The van der Waals surface area contributed by atoms with Crippen molar-refractivity contribution in [3.8, 4) is 0 Å². The quantitative estimate of drug-likeness (QED) is 0.903. The molecule has 0 saturated carbocycles. The Hall–Kier alpha value is -1.67. The second-order valence-electron chi connectivity index (χ2n) is 6.66. The van der Waals surface area contributed by atoms with Crippen LogP contribution in [0.4, 0.5) is 0 Å². The minimum Gasteiger partial charge on any atom is -0.316 e. The number of rotatable bonds is 5. The average Bonchev–Trinajstić information content (AvgIpc) is 2.47. The molecule has 0 amide bonds. The number of nitrogens with one attached hydrogen (secondary N) is 1. The smallest absolute Gasteiger partial charge is 0.0419 e. The molecule has 0 saturated heterocycles. The lowest BCUT2D eigenvalue weighted by Gasteiger charge is -2.20. The summed E-state index contributed by atoms with van der Waals surface area (Å²) in [6.07, 6.45) is 3.84. The van der Waals surface area contributed by atoms with Gasteiger partial charge in [0.25, 0.3) is 0 Å². The number of benzene rings is 1. The van der Waals surface area contributed by atoms with Crippen molar-refractivity contribution < 1.29 is 0 Å². The molecule has 1 atom stereocenters. The van der Waals surface area contributed by atoms with Gasteiger partial charge in [0.1, 0.15) is 0 Å². The normalized spacial score (nSPS) is 13.1. The summed E-state index contributed by atoms with van der Waals surface area (Å²) in [6.45, 7) is 6.75. The summed E-state index contributed by atoms with van der Waals surface area (Å²) >= 11 is 0. The fourth-order valence-corrected chi connectivity index (χ4v) is 2.47. The van der Waals surface area contributed by atoms with E-state index in [4.69, 9.17) is 0 Å². The predicted molar refractivity (Wildman–Crippen MR) is 89.6 cm³/mol. The van der Waals surface area contributed by atoms with Crippen LogP contribution < -0.4 is 5.32 Å². The van der Waals surface area contributed by atoms with Gasteiger partial charge in [-0.3, -0.25) is 4.98 Å². The first-order chi connectivity index (χ1) is 9.99. The Morgan fingerprint density at radius 1 is 1.00 bits per heavy atom. The van der Waals surface area contributed by atoms with Crippen molar-refractivity contribution in [3.63, 3.8) is 0 Å². The predicted octanol–water partition coefficient (Wildman–Crippen LogP) is 3.75. The summed E-state index contributed by atoms with van der Waals surface area (Å²) in [4.78, 5) is 4.41. The highest BCUT2D eigenvalue weighted by atomic mass is 14.9. The number of nitrogens with zero attached hydrogens (tertiary/aromatic N) is 1. The molecular formula is C19H26N2. The highest BCUT2D eigenvalue weighted by Gasteiger charge is 2.14. The van der Waals surface area contributed by atoms with Crippen LogP contribution in [0.5, 0.6) is 0 Å². The van der Waals surface area contributed by atoms with Gasteiger partial charge in [0, 0.05) is 24.4 Å². The molecule has 0 aliphatic rings. The number of pyridine rings is 1. The van der Waals surface area contributed by atoms with Crippen LogP contribution in [0.3, 0.4) is 0 Å². The fourth-order valence-electron chi connectivity index (χ4n) is 2.47. The maximum absolute atomic E-state index is 4.41. The van der Waals surface area contributed by atoms with E-state index in [1.54, 1.807) is 0 Å². The van der Waals surface area contributed by atoms with Crippen LogP contribution in [0, 0.1) is 0 Å². The highest BCUT2D eigenvalue weighted by Crippen LogP contribution is 2.22. The van der Waals surface area contributed by atoms with Crippen molar-refractivity contribution in [2.45, 2.75) is 45.1 Å². The molecule has 21 heavy (non-hydrogen) atoms. The number of hydrogen-bond acceptors (Lipinski definition) is 2. The summed E-state index contributed by atoms with van der Waals surface area (Å²) in [5, 5.41) is 3.40. The first-order valence-corrected chi connectivity index (χ1v) is 7.65. The zero-order valence-corrected chi connectivity index (χ0v) is 13.6. The zero-order chi connectivity index (χ0) is 15.3. The minimum atomic E-state index is 0.217. The lowest BCUT2D eigenvalue weighted by Crippen LogP contribution is -2.30. The highest BCUT2D eigenvalue weighted by molar-refractivity contribution is 5.28. The second-order valence-corrected chi connectivity index (χ2v) is 6.66. The molecule has 1 N–H and O–H groups in total. The SMILES string of the molecule is CNC(Cc1ccc(C(C)(C)C)cc1)Cc1ccccn1. The third-order valence-corrected chi connectivity index (χ3v) is 3.89. The van der Waals surface area contributed by atoms with Crippen LogP contribution in [-0.2, 0) is 18.3 Å². The van der Waals surface area contributed by atoms with Gasteiger partial charge in [-0.05, 0) is 42.1 Å². The van der Waals surface area contributed by atoms with Crippen LogP contribution in [0.15, 0.2) is 48.7 Å². The first kappa shape index (κ1) is 15.7. The maximum atomic E-state index is 4.41. The number of hydrogen-bond donors (Lipinski definition) is 1. The Morgan fingerprint density at radius 2 is 1.71 bits per heavy atom. The Balaban J connectivity index is 2.02. The number of likely N-dealkylation sites (N-methyl/N-ethyl adjacent to an activating group) is 1. The van der Waals surface area contributed by atoms with Crippen molar-refractivity contribution in [2.75, 3.05) is 7.05 Å². The topological polar surface area (TPSA) is 24.9 Å². The Bertz CT molecular complexity index is 538. The number of aromatic nitrogens is 1. The zero-order valence-electron chi connectivity index (χ0n) is 13.6. The standard InChI is InChI=1S/C19H26N2/c1-19(2,3)16-10-8-15(9-11-16)13-18(20-4)14-17-7-5-6-12-21-17/h5-12,18,20H,13-14H2,1-4H3. The summed E-state index contributed by atoms with van der Waals surface area (Å²) in [7, 11) is 2.02. The molecule has 2 nitrogen and oxygen atoms in total. The van der Waals surface area contributed by atoms with Crippen molar-refractivity contribution in [1.82, 2.24) is 10.3 Å².